The summed E-state index contributed by atoms with van der Waals surface area (Å²) in [5.74, 6) is 7.00. The third-order valence-electron chi connectivity index (χ3n) is 2.99. The lowest BCUT2D eigenvalue weighted by Gasteiger charge is -2.23. The van der Waals surface area contributed by atoms with Gasteiger partial charge in [0.2, 0.25) is 0 Å². The standard InChI is InChI=1S/C17H15F3N2O4/c1-10(23)4-2-3-5-11-6-8-12(9-7-11)15(24)22-13(16(25)26)14(21)17(18,19)20/h6-10,13-14,23H,21H2,1H3,(H,22,24)(H,25,26). The third kappa shape index (κ3) is 6.48. The number of carboxylic acids is 1. The summed E-state index contributed by atoms with van der Waals surface area (Å²) in [5, 5.41) is 19.6. The molecule has 0 fully saturated rings. The van der Waals surface area contributed by atoms with Gasteiger partial charge in [-0.1, -0.05) is 11.8 Å². The molecule has 3 atom stereocenters. The number of aliphatic carboxylic acids is 1. The van der Waals surface area contributed by atoms with Crippen molar-refractivity contribution >= 4 is 11.9 Å². The van der Waals surface area contributed by atoms with E-state index < -0.39 is 36.2 Å². The summed E-state index contributed by atoms with van der Waals surface area (Å²) in [4.78, 5) is 22.9. The Balaban J connectivity index is 2.87. The number of alkyl halides is 3. The summed E-state index contributed by atoms with van der Waals surface area (Å²) in [6.45, 7) is 1.47. The highest BCUT2D eigenvalue weighted by Crippen LogP contribution is 2.21. The molecule has 0 saturated carbocycles. The van der Waals surface area contributed by atoms with Crippen LogP contribution in [-0.4, -0.2) is 46.5 Å². The zero-order valence-corrected chi connectivity index (χ0v) is 13.5. The lowest BCUT2D eigenvalue weighted by atomic mass is 10.1. The molecule has 3 unspecified atom stereocenters. The van der Waals surface area contributed by atoms with Crippen molar-refractivity contribution in [2.75, 3.05) is 0 Å². The van der Waals surface area contributed by atoms with E-state index in [1.54, 1.807) is 5.32 Å². The molecule has 0 aromatic heterocycles. The molecule has 9 heteroatoms. The molecule has 138 valence electrons. The minimum atomic E-state index is -4.98. The maximum absolute atomic E-state index is 12.6. The number of hydrogen-bond acceptors (Lipinski definition) is 4. The van der Waals surface area contributed by atoms with Gasteiger partial charge in [0, 0.05) is 11.1 Å². The molecule has 1 aromatic rings. The molecule has 1 aromatic carbocycles. The molecule has 26 heavy (non-hydrogen) atoms. The van der Waals surface area contributed by atoms with Crippen LogP contribution in [0.2, 0.25) is 0 Å². The fourth-order valence-corrected chi connectivity index (χ4v) is 1.67. The van der Waals surface area contributed by atoms with Crippen molar-refractivity contribution in [3.05, 3.63) is 35.4 Å². The van der Waals surface area contributed by atoms with E-state index in [4.69, 9.17) is 15.9 Å². The van der Waals surface area contributed by atoms with Crippen LogP contribution in [0.25, 0.3) is 0 Å². The highest BCUT2D eigenvalue weighted by molar-refractivity contribution is 5.96. The number of rotatable bonds is 4. The molecule has 0 aliphatic carbocycles. The van der Waals surface area contributed by atoms with Crippen molar-refractivity contribution in [1.82, 2.24) is 5.32 Å². The number of nitrogens with two attached hydrogens (primary N) is 1. The monoisotopic (exact) mass is 368 g/mol. The van der Waals surface area contributed by atoms with Crippen LogP contribution >= 0.6 is 0 Å². The van der Waals surface area contributed by atoms with Crippen molar-refractivity contribution in [2.45, 2.75) is 31.3 Å². The van der Waals surface area contributed by atoms with Crippen LogP contribution < -0.4 is 11.1 Å². The van der Waals surface area contributed by atoms with Crippen molar-refractivity contribution < 1.29 is 33.0 Å². The van der Waals surface area contributed by atoms with Gasteiger partial charge >= 0.3 is 12.1 Å². The number of carbonyl (C=O) groups excluding carboxylic acids is 1. The van der Waals surface area contributed by atoms with Gasteiger partial charge in [-0.05, 0) is 43.0 Å². The lowest BCUT2D eigenvalue weighted by molar-refractivity contribution is -0.166. The predicted molar refractivity (Wildman–Crippen MR) is 85.7 cm³/mol. The Labute approximate surface area is 147 Å². The number of hydrogen-bond donors (Lipinski definition) is 4. The lowest BCUT2D eigenvalue weighted by Crippen LogP contribution is -2.58. The van der Waals surface area contributed by atoms with E-state index >= 15 is 0 Å². The molecule has 6 nitrogen and oxygen atoms in total. The van der Waals surface area contributed by atoms with Crippen LogP contribution in [0.5, 0.6) is 0 Å². The average molecular weight is 368 g/mol. The molecular weight excluding hydrogens is 353 g/mol. The predicted octanol–water partition coefficient (Wildman–Crippen LogP) is 0.495. The van der Waals surface area contributed by atoms with Gasteiger partial charge in [0.15, 0.2) is 6.04 Å². The van der Waals surface area contributed by atoms with Crippen LogP contribution in [-0.2, 0) is 4.79 Å². The molecule has 0 saturated heterocycles. The van der Waals surface area contributed by atoms with Gasteiger partial charge in [-0.2, -0.15) is 13.2 Å². The second kappa shape index (κ2) is 8.90. The number of carboxylic acid groups (broad SMARTS) is 1. The topological polar surface area (TPSA) is 113 Å². The smallest absolute Gasteiger partial charge is 0.406 e. The summed E-state index contributed by atoms with van der Waals surface area (Å²) in [6.07, 6.45) is -5.80. The van der Waals surface area contributed by atoms with Crippen molar-refractivity contribution in [1.29, 1.82) is 0 Å². The summed E-state index contributed by atoms with van der Waals surface area (Å²) in [7, 11) is 0. The molecule has 5 N–H and O–H groups in total. The Kier molecular flexibility index (Phi) is 7.20. The van der Waals surface area contributed by atoms with Crippen molar-refractivity contribution in [2.24, 2.45) is 5.73 Å². The van der Waals surface area contributed by atoms with Gasteiger partial charge in [-0.15, -0.1) is 0 Å². The Morgan fingerprint density at radius 1 is 1.19 bits per heavy atom. The van der Waals surface area contributed by atoms with Gasteiger partial charge in [-0.25, -0.2) is 4.79 Å². The fourth-order valence-electron chi connectivity index (χ4n) is 1.67. The van der Waals surface area contributed by atoms with Gasteiger partial charge in [-0.3, -0.25) is 4.79 Å². The molecular formula is C17H15F3N2O4. The van der Waals surface area contributed by atoms with Gasteiger partial charge < -0.3 is 21.3 Å². The molecule has 0 bridgehead atoms. The molecule has 0 spiro atoms. The van der Waals surface area contributed by atoms with E-state index in [1.807, 2.05) is 0 Å². The maximum atomic E-state index is 12.6. The van der Waals surface area contributed by atoms with Crippen molar-refractivity contribution in [3.63, 3.8) is 0 Å². The van der Waals surface area contributed by atoms with Crippen LogP contribution in [0, 0.1) is 23.7 Å². The van der Waals surface area contributed by atoms with E-state index in [0.29, 0.717) is 5.56 Å². The second-order valence-electron chi connectivity index (χ2n) is 5.13. The summed E-state index contributed by atoms with van der Waals surface area (Å²) in [5.41, 5.74) is 5.26. The first-order valence-corrected chi connectivity index (χ1v) is 7.18. The van der Waals surface area contributed by atoms with Crippen LogP contribution in [0.1, 0.15) is 22.8 Å². The number of carbonyl (C=O) groups is 2. The van der Waals surface area contributed by atoms with E-state index in [2.05, 4.69) is 23.7 Å². The number of aliphatic hydroxyl groups is 1. The van der Waals surface area contributed by atoms with E-state index in [9.17, 15) is 22.8 Å². The van der Waals surface area contributed by atoms with Crippen LogP contribution in [0.4, 0.5) is 13.2 Å². The second-order valence-corrected chi connectivity index (χ2v) is 5.13. The zero-order chi connectivity index (χ0) is 19.9. The molecule has 1 rings (SSSR count). The van der Waals surface area contributed by atoms with Gasteiger partial charge in [0.25, 0.3) is 5.91 Å². The SMILES string of the molecule is CC(O)C#CC#Cc1ccc(C(=O)NC(C(=O)O)C(N)C(F)(F)F)cc1. The minimum absolute atomic E-state index is 0.0637. The Hall–Kier alpha value is -3.01. The van der Waals surface area contributed by atoms with Gasteiger partial charge in [0.05, 0.1) is 0 Å². The largest absolute Gasteiger partial charge is 0.480 e. The van der Waals surface area contributed by atoms with E-state index in [-0.39, 0.29) is 5.56 Å². The molecule has 0 aliphatic rings. The molecule has 1 amide bonds. The average Bonchev–Trinajstić information content (AvgIpc) is 2.55. The first-order valence-electron chi connectivity index (χ1n) is 7.18. The molecule has 0 radical (unpaired) electrons. The number of halogens is 3. The Morgan fingerprint density at radius 3 is 2.23 bits per heavy atom. The zero-order valence-electron chi connectivity index (χ0n) is 13.5. The quantitative estimate of drug-likeness (QED) is 0.578. The van der Waals surface area contributed by atoms with Gasteiger partial charge in [0.1, 0.15) is 12.1 Å². The van der Waals surface area contributed by atoms with Crippen LogP contribution in [0.15, 0.2) is 24.3 Å². The van der Waals surface area contributed by atoms with Crippen molar-refractivity contribution in [3.8, 4) is 23.7 Å². The summed E-state index contributed by atoms with van der Waals surface area (Å²) >= 11 is 0. The molecule has 0 heterocycles. The highest BCUT2D eigenvalue weighted by atomic mass is 19.4. The van der Waals surface area contributed by atoms with E-state index in [0.717, 1.165) is 0 Å². The molecule has 0 aliphatic heterocycles. The number of benzene rings is 1. The fraction of sp³-hybridized carbons (Fsp3) is 0.294. The number of nitrogens with one attached hydrogen (secondary N) is 1. The van der Waals surface area contributed by atoms with E-state index in [1.165, 1.54) is 31.2 Å². The summed E-state index contributed by atoms with van der Waals surface area (Å²) in [6, 6.07) is 0.273. The Morgan fingerprint density at radius 2 is 1.77 bits per heavy atom. The highest BCUT2D eigenvalue weighted by Gasteiger charge is 2.46. The maximum Gasteiger partial charge on any atom is 0.406 e. The normalized spacial score (nSPS) is 13.9. The number of amides is 1. The summed E-state index contributed by atoms with van der Waals surface area (Å²) < 4.78 is 37.7. The Bertz CT molecular complexity index is 781. The first kappa shape index (κ1) is 21.0. The first-order chi connectivity index (χ1) is 12.0. The van der Waals surface area contributed by atoms with Crippen LogP contribution in [0.3, 0.4) is 0 Å². The third-order valence-corrected chi connectivity index (χ3v) is 2.99. The number of aliphatic hydroxyl groups excluding tert-OH is 1. The minimum Gasteiger partial charge on any atom is -0.480 e.